The van der Waals surface area contributed by atoms with Gasteiger partial charge >= 0.3 is 0 Å². The molecule has 0 aliphatic carbocycles. The van der Waals surface area contributed by atoms with Crippen molar-refractivity contribution in [2.75, 3.05) is 0 Å². The molecule has 1 aromatic rings. The van der Waals surface area contributed by atoms with Crippen molar-refractivity contribution in [2.24, 2.45) is 5.73 Å². The molecule has 4 heteroatoms. The third-order valence-corrected chi connectivity index (χ3v) is 2.66. The summed E-state index contributed by atoms with van der Waals surface area (Å²) in [6.45, 7) is 1.92. The van der Waals surface area contributed by atoms with Gasteiger partial charge in [0.05, 0.1) is 4.47 Å². The van der Waals surface area contributed by atoms with Crippen LogP contribution < -0.4 is 5.73 Å². The smallest absolute Gasteiger partial charge is 0.145 e. The summed E-state index contributed by atoms with van der Waals surface area (Å²) in [6, 6.07) is 1.99. The predicted molar refractivity (Wildman–Crippen MR) is 55.9 cm³/mol. The molecule has 0 fully saturated rings. The summed E-state index contributed by atoms with van der Waals surface area (Å²) in [5, 5.41) is 0. The Morgan fingerprint density at radius 3 is 2.64 bits per heavy atom. The van der Waals surface area contributed by atoms with E-state index in [0.717, 1.165) is 6.42 Å². The van der Waals surface area contributed by atoms with Gasteiger partial charge < -0.3 is 5.73 Å². The first kappa shape index (κ1) is 11.6. The van der Waals surface area contributed by atoms with Gasteiger partial charge in [-0.15, -0.1) is 0 Å². The predicted octanol–water partition coefficient (Wildman–Crippen LogP) is 3.53. The summed E-state index contributed by atoms with van der Waals surface area (Å²) in [5.41, 5.74) is 5.65. The summed E-state index contributed by atoms with van der Waals surface area (Å²) in [7, 11) is 0. The summed E-state index contributed by atoms with van der Waals surface area (Å²) in [5.74, 6) is -1.17. The van der Waals surface area contributed by atoms with E-state index in [1.807, 2.05) is 6.92 Å². The molecule has 1 rings (SSSR count). The zero-order valence-corrected chi connectivity index (χ0v) is 9.44. The minimum absolute atomic E-state index is 0.0266. The van der Waals surface area contributed by atoms with E-state index in [1.54, 1.807) is 0 Å². The molecule has 0 spiro atoms. The molecule has 0 amide bonds. The van der Waals surface area contributed by atoms with Gasteiger partial charge in [0.25, 0.3) is 0 Å². The first-order valence-electron chi connectivity index (χ1n) is 4.46. The van der Waals surface area contributed by atoms with E-state index in [2.05, 4.69) is 15.9 Å². The maximum absolute atomic E-state index is 13.5. The van der Waals surface area contributed by atoms with Gasteiger partial charge in [-0.05, 0) is 34.5 Å². The van der Waals surface area contributed by atoms with Crippen molar-refractivity contribution in [3.63, 3.8) is 0 Å². The van der Waals surface area contributed by atoms with Crippen LogP contribution in [-0.4, -0.2) is 0 Å². The molecule has 0 radical (unpaired) electrons. The average Bonchev–Trinajstić information content (AvgIpc) is 2.13. The lowest BCUT2D eigenvalue weighted by Gasteiger charge is -2.13. The zero-order valence-electron chi connectivity index (χ0n) is 7.86. The van der Waals surface area contributed by atoms with Crippen molar-refractivity contribution in [3.8, 4) is 0 Å². The highest BCUT2D eigenvalue weighted by Gasteiger charge is 2.17. The normalized spacial score (nSPS) is 12.9. The Morgan fingerprint density at radius 1 is 1.43 bits per heavy atom. The van der Waals surface area contributed by atoms with E-state index < -0.39 is 17.7 Å². The monoisotopic (exact) mass is 263 g/mol. The van der Waals surface area contributed by atoms with Crippen LogP contribution in [-0.2, 0) is 0 Å². The maximum Gasteiger partial charge on any atom is 0.145 e. The zero-order chi connectivity index (χ0) is 10.7. The maximum atomic E-state index is 13.5. The summed E-state index contributed by atoms with van der Waals surface area (Å²) in [6.07, 6.45) is 1.37. The Balaban J connectivity index is 3.11. The van der Waals surface area contributed by atoms with Gasteiger partial charge in [-0.1, -0.05) is 13.3 Å². The minimum Gasteiger partial charge on any atom is -0.324 e. The lowest BCUT2D eigenvalue weighted by atomic mass is 10.0. The first-order valence-corrected chi connectivity index (χ1v) is 5.26. The van der Waals surface area contributed by atoms with Crippen LogP contribution in [0.4, 0.5) is 8.78 Å². The summed E-state index contributed by atoms with van der Waals surface area (Å²) >= 11 is 3.00. The van der Waals surface area contributed by atoms with Gasteiger partial charge in [-0.25, -0.2) is 8.78 Å². The van der Waals surface area contributed by atoms with Crippen LogP contribution in [0.2, 0.25) is 0 Å². The lowest BCUT2D eigenvalue weighted by molar-refractivity contribution is 0.506. The van der Waals surface area contributed by atoms with E-state index in [9.17, 15) is 8.78 Å². The average molecular weight is 264 g/mol. The van der Waals surface area contributed by atoms with Crippen molar-refractivity contribution in [1.29, 1.82) is 0 Å². The second kappa shape index (κ2) is 4.84. The topological polar surface area (TPSA) is 26.0 Å². The van der Waals surface area contributed by atoms with Gasteiger partial charge in [0.1, 0.15) is 11.6 Å². The molecule has 0 heterocycles. The van der Waals surface area contributed by atoms with Crippen LogP contribution in [0.25, 0.3) is 0 Å². The quantitative estimate of drug-likeness (QED) is 0.830. The van der Waals surface area contributed by atoms with Crippen molar-refractivity contribution in [1.82, 2.24) is 0 Å². The van der Waals surface area contributed by atoms with E-state index in [1.165, 1.54) is 12.1 Å². The number of hydrogen-bond acceptors (Lipinski definition) is 1. The molecule has 0 aliphatic rings. The van der Waals surface area contributed by atoms with E-state index in [-0.39, 0.29) is 10.0 Å². The fourth-order valence-electron chi connectivity index (χ4n) is 1.34. The first-order chi connectivity index (χ1) is 6.57. The molecule has 2 N–H and O–H groups in total. The molecule has 0 bridgehead atoms. The van der Waals surface area contributed by atoms with Gasteiger partial charge in [0, 0.05) is 11.6 Å². The van der Waals surface area contributed by atoms with Crippen LogP contribution in [0, 0.1) is 11.6 Å². The van der Waals surface area contributed by atoms with Gasteiger partial charge in [0.2, 0.25) is 0 Å². The fourth-order valence-corrected chi connectivity index (χ4v) is 1.68. The van der Waals surface area contributed by atoms with Gasteiger partial charge in [0.15, 0.2) is 0 Å². The van der Waals surface area contributed by atoms with Crippen LogP contribution in [0.3, 0.4) is 0 Å². The highest BCUT2D eigenvalue weighted by atomic mass is 79.9. The van der Waals surface area contributed by atoms with Crippen molar-refractivity contribution >= 4 is 15.9 Å². The van der Waals surface area contributed by atoms with E-state index in [0.29, 0.717) is 6.42 Å². The summed E-state index contributed by atoms with van der Waals surface area (Å²) < 4.78 is 27.0. The Labute approximate surface area is 90.4 Å². The van der Waals surface area contributed by atoms with Crippen LogP contribution in [0.5, 0.6) is 0 Å². The Bertz CT molecular complexity index is 328. The molecule has 1 unspecified atom stereocenters. The number of benzene rings is 1. The van der Waals surface area contributed by atoms with Crippen LogP contribution in [0.1, 0.15) is 31.4 Å². The van der Waals surface area contributed by atoms with Gasteiger partial charge in [-0.3, -0.25) is 0 Å². The third-order valence-electron chi connectivity index (χ3n) is 2.05. The molecule has 78 valence electrons. The third kappa shape index (κ3) is 2.30. The molecule has 0 saturated carbocycles. The minimum atomic E-state index is -0.592. The van der Waals surface area contributed by atoms with Crippen molar-refractivity contribution in [3.05, 3.63) is 33.8 Å². The number of rotatable bonds is 3. The highest BCUT2D eigenvalue weighted by molar-refractivity contribution is 9.10. The molecular weight excluding hydrogens is 252 g/mol. The molecule has 1 aromatic carbocycles. The molecule has 0 aromatic heterocycles. The van der Waals surface area contributed by atoms with E-state index in [4.69, 9.17) is 5.73 Å². The SMILES string of the molecule is CCCC(N)c1c(F)ccc(Br)c1F. The number of hydrogen-bond donors (Lipinski definition) is 1. The largest absolute Gasteiger partial charge is 0.324 e. The van der Waals surface area contributed by atoms with E-state index >= 15 is 0 Å². The molecular formula is C10H12BrF2N. The Kier molecular flexibility index (Phi) is 4.01. The molecule has 0 saturated heterocycles. The fraction of sp³-hybridized carbons (Fsp3) is 0.400. The summed E-state index contributed by atoms with van der Waals surface area (Å²) in [4.78, 5) is 0. The Hall–Kier alpha value is -0.480. The van der Waals surface area contributed by atoms with Crippen molar-refractivity contribution in [2.45, 2.75) is 25.8 Å². The number of nitrogens with two attached hydrogens (primary N) is 1. The van der Waals surface area contributed by atoms with Crippen LogP contribution in [0.15, 0.2) is 16.6 Å². The lowest BCUT2D eigenvalue weighted by Crippen LogP contribution is -2.14. The molecule has 0 aliphatic heterocycles. The number of halogens is 3. The highest BCUT2D eigenvalue weighted by Crippen LogP contribution is 2.27. The molecule has 1 nitrogen and oxygen atoms in total. The molecule has 14 heavy (non-hydrogen) atoms. The van der Waals surface area contributed by atoms with Gasteiger partial charge in [-0.2, -0.15) is 0 Å². The Morgan fingerprint density at radius 2 is 2.07 bits per heavy atom. The standard InChI is InChI=1S/C10H12BrF2N/c1-2-3-8(14)9-7(12)5-4-6(11)10(9)13/h4-5,8H,2-3,14H2,1H3. The second-order valence-electron chi connectivity index (χ2n) is 3.15. The van der Waals surface area contributed by atoms with Crippen molar-refractivity contribution < 1.29 is 8.78 Å². The second-order valence-corrected chi connectivity index (χ2v) is 4.01. The molecule has 1 atom stereocenters. The van der Waals surface area contributed by atoms with Crippen LogP contribution >= 0.6 is 15.9 Å².